The zero-order valence-electron chi connectivity index (χ0n) is 16.9. The summed E-state index contributed by atoms with van der Waals surface area (Å²) < 4.78 is 13.1. The minimum atomic E-state index is -0.0989. The van der Waals surface area contributed by atoms with Gasteiger partial charge in [-0.05, 0) is 106 Å². The zero-order valence-corrected chi connectivity index (χ0v) is 16.9. The molecule has 4 rings (SSSR count). The molecule has 0 radical (unpaired) electrons. The predicted molar refractivity (Wildman–Crippen MR) is 102 cm³/mol. The summed E-state index contributed by atoms with van der Waals surface area (Å²) in [4.78, 5) is 12.1. The fraction of sp³-hybridized carbons (Fsp3) is 0.957. The van der Waals surface area contributed by atoms with Gasteiger partial charge in [-0.25, -0.2) is 0 Å². The highest BCUT2D eigenvalue weighted by molar-refractivity contribution is 5.79. The molecule has 144 valence electrons. The summed E-state index contributed by atoms with van der Waals surface area (Å²) in [6.07, 6.45) is 11.3. The third-order valence-corrected chi connectivity index (χ3v) is 8.77. The minimum absolute atomic E-state index is 0.0989. The lowest BCUT2D eigenvalue weighted by Crippen LogP contribution is -2.49. The van der Waals surface area contributed by atoms with Crippen molar-refractivity contribution >= 4 is 5.78 Å². The number of halogens is 1. The second-order valence-corrected chi connectivity index (χ2v) is 9.55. The molecule has 0 aromatic carbocycles. The van der Waals surface area contributed by atoms with E-state index in [1.807, 2.05) is 20.8 Å². The average molecular weight is 351 g/mol. The lowest BCUT2D eigenvalue weighted by molar-refractivity contribution is -0.128. The molecule has 4 saturated carbocycles. The summed E-state index contributed by atoms with van der Waals surface area (Å²) in [6, 6.07) is 0. The molecule has 25 heavy (non-hydrogen) atoms. The highest BCUT2D eigenvalue weighted by Crippen LogP contribution is 2.64. The number of carbonyl (C=O) groups is 1. The molecule has 4 aliphatic rings. The van der Waals surface area contributed by atoms with E-state index in [0.29, 0.717) is 17.6 Å². The van der Waals surface area contributed by atoms with Gasteiger partial charge in [0.15, 0.2) is 0 Å². The summed E-state index contributed by atoms with van der Waals surface area (Å²) in [7, 11) is 0. The number of fused-ring (bicyclic) bond motifs is 5. The van der Waals surface area contributed by atoms with E-state index >= 15 is 0 Å². The van der Waals surface area contributed by atoms with Crippen LogP contribution in [0.5, 0.6) is 0 Å². The molecule has 0 amide bonds. The van der Waals surface area contributed by atoms with Gasteiger partial charge in [-0.1, -0.05) is 20.8 Å². The number of hydrogen-bond acceptors (Lipinski definition) is 1. The quantitative estimate of drug-likeness (QED) is 0.559. The maximum atomic E-state index is 13.1. The van der Waals surface area contributed by atoms with Crippen molar-refractivity contribution in [2.75, 3.05) is 6.67 Å². The molecular formula is C23H39FO. The van der Waals surface area contributed by atoms with Crippen molar-refractivity contribution in [3.8, 4) is 0 Å². The molecular weight excluding hydrogens is 311 g/mol. The van der Waals surface area contributed by atoms with Gasteiger partial charge in [0, 0.05) is 5.92 Å². The van der Waals surface area contributed by atoms with Gasteiger partial charge in [-0.15, -0.1) is 0 Å². The van der Waals surface area contributed by atoms with Gasteiger partial charge in [0.05, 0.1) is 6.67 Å². The van der Waals surface area contributed by atoms with E-state index in [2.05, 4.69) is 6.92 Å². The highest BCUT2D eigenvalue weighted by atomic mass is 19.1. The fourth-order valence-corrected chi connectivity index (χ4v) is 7.76. The van der Waals surface area contributed by atoms with Crippen molar-refractivity contribution in [3.05, 3.63) is 0 Å². The molecule has 0 spiro atoms. The van der Waals surface area contributed by atoms with Crippen molar-refractivity contribution in [2.24, 2.45) is 46.8 Å². The number of alkyl halides is 1. The van der Waals surface area contributed by atoms with Crippen LogP contribution in [-0.4, -0.2) is 12.5 Å². The molecule has 0 aromatic heterocycles. The summed E-state index contributed by atoms with van der Waals surface area (Å²) in [5.74, 6) is 5.33. The average Bonchev–Trinajstić information content (AvgIpc) is 3.00. The van der Waals surface area contributed by atoms with Crippen LogP contribution < -0.4 is 0 Å². The van der Waals surface area contributed by atoms with Crippen LogP contribution in [0.4, 0.5) is 4.39 Å². The molecule has 4 fully saturated rings. The summed E-state index contributed by atoms with van der Waals surface area (Å²) in [5.41, 5.74) is 0.288. The largest absolute Gasteiger partial charge is 0.300 e. The molecule has 8 atom stereocenters. The highest BCUT2D eigenvalue weighted by Gasteiger charge is 2.57. The maximum Gasteiger partial charge on any atom is 0.133 e. The number of rotatable bonds is 2. The van der Waals surface area contributed by atoms with Gasteiger partial charge in [-0.2, -0.15) is 0 Å². The zero-order chi connectivity index (χ0) is 18.2. The van der Waals surface area contributed by atoms with Crippen molar-refractivity contribution in [1.29, 1.82) is 0 Å². The van der Waals surface area contributed by atoms with Crippen LogP contribution in [0.3, 0.4) is 0 Å². The van der Waals surface area contributed by atoms with Gasteiger partial charge < -0.3 is 0 Å². The summed E-state index contributed by atoms with van der Waals surface area (Å²) in [5, 5.41) is 0. The van der Waals surface area contributed by atoms with Crippen LogP contribution in [0, 0.1) is 46.8 Å². The second-order valence-electron chi connectivity index (χ2n) is 9.55. The molecule has 0 saturated heterocycles. The van der Waals surface area contributed by atoms with Gasteiger partial charge >= 0.3 is 0 Å². The maximum absolute atomic E-state index is 13.1. The lowest BCUT2D eigenvalue weighted by Gasteiger charge is -2.56. The monoisotopic (exact) mass is 350 g/mol. The van der Waals surface area contributed by atoms with Crippen LogP contribution >= 0.6 is 0 Å². The molecule has 0 N–H and O–H groups in total. The molecule has 8 unspecified atom stereocenters. The Balaban J connectivity index is 0.000000880. The smallest absolute Gasteiger partial charge is 0.133 e. The predicted octanol–water partition coefficient (Wildman–Crippen LogP) is 6.46. The molecule has 0 aliphatic heterocycles. The number of hydrogen-bond donors (Lipinski definition) is 0. The van der Waals surface area contributed by atoms with Crippen LogP contribution in [0.2, 0.25) is 0 Å². The standard InChI is InChI=1S/C21H33FO.C2H6/c1-13(23)19-7-8-20-18-6-4-15-11-14(12-22)3-5-16(15)17(18)9-10-21(19,20)2;1-2/h14-20H,3-12H2,1-2H3;1-2H3. The Bertz CT molecular complexity index is 475. The van der Waals surface area contributed by atoms with Gasteiger partial charge in [0.25, 0.3) is 0 Å². The van der Waals surface area contributed by atoms with Crippen LogP contribution in [0.1, 0.15) is 85.5 Å². The van der Waals surface area contributed by atoms with E-state index in [4.69, 9.17) is 0 Å². The Morgan fingerprint density at radius 3 is 2.36 bits per heavy atom. The number of Topliss-reactive ketones (excluding diaryl/α,β-unsaturated/α-hetero) is 1. The third-order valence-electron chi connectivity index (χ3n) is 8.77. The molecule has 0 aromatic rings. The number of ketones is 1. The molecule has 1 nitrogen and oxygen atoms in total. The van der Waals surface area contributed by atoms with Crippen molar-refractivity contribution in [1.82, 2.24) is 0 Å². The first-order chi connectivity index (χ1) is 12.0. The summed E-state index contributed by atoms with van der Waals surface area (Å²) in [6.45, 7) is 8.15. The lowest BCUT2D eigenvalue weighted by atomic mass is 9.49. The first kappa shape index (κ1) is 19.4. The third kappa shape index (κ3) is 3.21. The van der Waals surface area contributed by atoms with Gasteiger partial charge in [-0.3, -0.25) is 9.18 Å². The van der Waals surface area contributed by atoms with Crippen LogP contribution in [0.25, 0.3) is 0 Å². The molecule has 4 aliphatic carbocycles. The number of carbonyl (C=O) groups excluding carboxylic acids is 1. The molecule has 2 heteroatoms. The molecule has 0 heterocycles. The van der Waals surface area contributed by atoms with Crippen molar-refractivity contribution < 1.29 is 9.18 Å². The van der Waals surface area contributed by atoms with E-state index in [9.17, 15) is 9.18 Å². The Hall–Kier alpha value is -0.400. The van der Waals surface area contributed by atoms with Gasteiger partial charge in [0.1, 0.15) is 5.78 Å². The fourth-order valence-electron chi connectivity index (χ4n) is 7.76. The van der Waals surface area contributed by atoms with E-state index in [0.717, 1.165) is 48.9 Å². The van der Waals surface area contributed by atoms with Crippen LogP contribution in [-0.2, 0) is 4.79 Å². The Morgan fingerprint density at radius 2 is 1.68 bits per heavy atom. The van der Waals surface area contributed by atoms with E-state index in [1.54, 1.807) is 0 Å². The van der Waals surface area contributed by atoms with E-state index in [1.165, 1.54) is 38.5 Å². The summed E-state index contributed by atoms with van der Waals surface area (Å²) >= 11 is 0. The Kier molecular flexibility index (Phi) is 5.95. The van der Waals surface area contributed by atoms with Crippen molar-refractivity contribution in [2.45, 2.75) is 85.5 Å². The molecule has 0 bridgehead atoms. The van der Waals surface area contributed by atoms with Crippen LogP contribution in [0.15, 0.2) is 0 Å². The van der Waals surface area contributed by atoms with Crippen molar-refractivity contribution in [3.63, 3.8) is 0 Å². The van der Waals surface area contributed by atoms with E-state index < -0.39 is 0 Å². The second kappa shape index (κ2) is 7.69. The van der Waals surface area contributed by atoms with E-state index in [-0.39, 0.29) is 12.1 Å². The normalized spacial score (nSPS) is 48.4. The first-order valence-corrected chi connectivity index (χ1v) is 11.1. The first-order valence-electron chi connectivity index (χ1n) is 11.1. The Morgan fingerprint density at radius 1 is 0.960 bits per heavy atom. The topological polar surface area (TPSA) is 17.1 Å². The minimum Gasteiger partial charge on any atom is -0.300 e. The Labute approximate surface area is 154 Å². The van der Waals surface area contributed by atoms with Gasteiger partial charge in [0.2, 0.25) is 0 Å². The SMILES string of the molecule is CC.CC(=O)C1CCC2C3CCC4CC(CF)CCC4C3CCC12C.